The van der Waals surface area contributed by atoms with Gasteiger partial charge in [-0.25, -0.2) is 0 Å². The van der Waals surface area contributed by atoms with Gasteiger partial charge >= 0.3 is 0 Å². The second-order valence-electron chi connectivity index (χ2n) is 6.20. The number of methoxy groups -OCH3 is 2. The fourth-order valence-electron chi connectivity index (χ4n) is 3.51. The van der Waals surface area contributed by atoms with Crippen LogP contribution in [0, 0.1) is 0 Å². The average Bonchev–Trinajstić information content (AvgIpc) is 2.75. The molecule has 0 saturated carbocycles. The standard InChI is InChI=1S/C23H23NO3/c1-26-20-12-8-18(9-13-20)23(22(25)16-24,17-6-4-3-5-7-17)19-10-14-21(27-2)15-11-19/h3-15H,16,24H2,1-2H3. The van der Waals surface area contributed by atoms with Crippen LogP contribution in [0.25, 0.3) is 0 Å². The van der Waals surface area contributed by atoms with E-state index in [2.05, 4.69) is 0 Å². The molecule has 0 aromatic heterocycles. The number of nitrogens with two attached hydrogens (primary N) is 1. The lowest BCUT2D eigenvalue weighted by atomic mass is 9.66. The summed E-state index contributed by atoms with van der Waals surface area (Å²) in [6.45, 7) is -0.0764. The summed E-state index contributed by atoms with van der Waals surface area (Å²) < 4.78 is 10.6. The van der Waals surface area contributed by atoms with Crippen LogP contribution in [-0.4, -0.2) is 26.5 Å². The van der Waals surface area contributed by atoms with Crippen molar-refractivity contribution in [2.45, 2.75) is 5.41 Å². The second kappa shape index (κ2) is 8.06. The largest absolute Gasteiger partial charge is 0.497 e. The first kappa shape index (κ1) is 18.7. The molecule has 0 aliphatic rings. The summed E-state index contributed by atoms with van der Waals surface area (Å²) in [7, 11) is 3.24. The van der Waals surface area contributed by atoms with Gasteiger partial charge < -0.3 is 15.2 Å². The van der Waals surface area contributed by atoms with Gasteiger partial charge in [-0.05, 0) is 41.0 Å². The molecule has 0 aliphatic heterocycles. The highest BCUT2D eigenvalue weighted by Crippen LogP contribution is 2.41. The maximum atomic E-state index is 13.4. The molecule has 4 heteroatoms. The van der Waals surface area contributed by atoms with Crippen LogP contribution in [0.1, 0.15) is 16.7 Å². The van der Waals surface area contributed by atoms with E-state index in [1.165, 1.54) is 0 Å². The molecule has 2 N–H and O–H groups in total. The lowest BCUT2D eigenvalue weighted by molar-refractivity contribution is -0.120. The van der Waals surface area contributed by atoms with Gasteiger partial charge in [0, 0.05) is 0 Å². The summed E-state index contributed by atoms with van der Waals surface area (Å²) in [5, 5.41) is 0. The molecule has 0 bridgehead atoms. The van der Waals surface area contributed by atoms with Crippen LogP contribution >= 0.6 is 0 Å². The maximum Gasteiger partial charge on any atom is 0.165 e. The van der Waals surface area contributed by atoms with Crippen molar-refractivity contribution in [3.05, 3.63) is 95.6 Å². The fraction of sp³-hybridized carbons (Fsp3) is 0.174. The lowest BCUT2D eigenvalue weighted by Gasteiger charge is -2.34. The topological polar surface area (TPSA) is 61.5 Å². The zero-order valence-electron chi connectivity index (χ0n) is 15.5. The zero-order valence-corrected chi connectivity index (χ0v) is 15.5. The SMILES string of the molecule is COc1ccc(C(C(=O)CN)(c2ccccc2)c2ccc(OC)cc2)cc1. The number of hydrogen-bond acceptors (Lipinski definition) is 4. The number of rotatable bonds is 7. The van der Waals surface area contributed by atoms with Crippen molar-refractivity contribution in [2.75, 3.05) is 20.8 Å². The summed E-state index contributed by atoms with van der Waals surface area (Å²) in [6, 6.07) is 24.8. The molecule has 4 nitrogen and oxygen atoms in total. The summed E-state index contributed by atoms with van der Waals surface area (Å²) >= 11 is 0. The molecule has 3 aromatic rings. The first-order chi connectivity index (χ1) is 13.2. The highest BCUT2D eigenvalue weighted by atomic mass is 16.5. The van der Waals surface area contributed by atoms with Gasteiger partial charge in [-0.2, -0.15) is 0 Å². The van der Waals surface area contributed by atoms with Crippen molar-refractivity contribution in [3.8, 4) is 11.5 Å². The van der Waals surface area contributed by atoms with Crippen molar-refractivity contribution in [1.82, 2.24) is 0 Å². The third-order valence-corrected chi connectivity index (χ3v) is 4.86. The Morgan fingerprint density at radius 1 is 0.741 bits per heavy atom. The first-order valence-electron chi connectivity index (χ1n) is 8.74. The molecule has 27 heavy (non-hydrogen) atoms. The molecular weight excluding hydrogens is 338 g/mol. The Bertz CT molecular complexity index is 840. The lowest BCUT2D eigenvalue weighted by Crippen LogP contribution is -2.42. The van der Waals surface area contributed by atoms with Crippen LogP contribution in [0.15, 0.2) is 78.9 Å². The minimum Gasteiger partial charge on any atom is -0.497 e. The Hall–Kier alpha value is -3.11. The van der Waals surface area contributed by atoms with Crippen molar-refractivity contribution in [3.63, 3.8) is 0 Å². The smallest absolute Gasteiger partial charge is 0.165 e. The van der Waals surface area contributed by atoms with Crippen LogP contribution < -0.4 is 15.2 Å². The van der Waals surface area contributed by atoms with E-state index in [1.54, 1.807) is 14.2 Å². The summed E-state index contributed by atoms with van der Waals surface area (Å²) in [4.78, 5) is 13.4. The number of carbonyl (C=O) groups excluding carboxylic acids is 1. The molecule has 3 aromatic carbocycles. The molecule has 0 heterocycles. The second-order valence-corrected chi connectivity index (χ2v) is 6.20. The Kier molecular flexibility index (Phi) is 5.57. The molecule has 0 amide bonds. The van der Waals surface area contributed by atoms with Gasteiger partial charge in [-0.15, -0.1) is 0 Å². The highest BCUT2D eigenvalue weighted by Gasteiger charge is 2.42. The van der Waals surface area contributed by atoms with E-state index in [1.807, 2.05) is 78.9 Å². The predicted molar refractivity (Wildman–Crippen MR) is 106 cm³/mol. The molecule has 0 saturated heterocycles. The summed E-state index contributed by atoms with van der Waals surface area (Å²) in [5.41, 5.74) is 7.43. The van der Waals surface area contributed by atoms with Gasteiger partial charge in [0.15, 0.2) is 5.78 Å². The third-order valence-electron chi connectivity index (χ3n) is 4.86. The van der Waals surface area contributed by atoms with Gasteiger partial charge in [0.1, 0.15) is 16.9 Å². The maximum absolute atomic E-state index is 13.4. The zero-order chi connectivity index (χ0) is 19.3. The Labute approximate surface area is 159 Å². The minimum atomic E-state index is -1.01. The van der Waals surface area contributed by atoms with Gasteiger partial charge in [0.25, 0.3) is 0 Å². The van der Waals surface area contributed by atoms with E-state index in [0.717, 1.165) is 28.2 Å². The average molecular weight is 361 g/mol. The van der Waals surface area contributed by atoms with Crippen LogP contribution in [-0.2, 0) is 10.2 Å². The molecule has 0 unspecified atom stereocenters. The molecular formula is C23H23NO3. The quantitative estimate of drug-likeness (QED) is 0.654. The van der Waals surface area contributed by atoms with Crippen molar-refractivity contribution >= 4 is 5.78 Å². The van der Waals surface area contributed by atoms with Crippen LogP contribution in [0.4, 0.5) is 0 Å². The number of ether oxygens (including phenoxy) is 2. The molecule has 0 fully saturated rings. The number of benzene rings is 3. The van der Waals surface area contributed by atoms with Crippen molar-refractivity contribution in [2.24, 2.45) is 5.73 Å². The Balaban J connectivity index is 2.32. The van der Waals surface area contributed by atoms with Gasteiger partial charge in [-0.1, -0.05) is 54.6 Å². The van der Waals surface area contributed by atoms with Gasteiger partial charge in [-0.3, -0.25) is 4.79 Å². The fourth-order valence-corrected chi connectivity index (χ4v) is 3.51. The summed E-state index contributed by atoms with van der Waals surface area (Å²) in [5.74, 6) is 1.38. The first-order valence-corrected chi connectivity index (χ1v) is 8.74. The predicted octanol–water partition coefficient (Wildman–Crippen LogP) is 3.57. The minimum absolute atomic E-state index is 0.0764. The van der Waals surface area contributed by atoms with E-state index in [0.29, 0.717) is 0 Å². The number of hydrogen-bond donors (Lipinski definition) is 1. The number of Topliss-reactive ketones (excluding diaryl/α,β-unsaturated/α-hetero) is 1. The normalized spacial score (nSPS) is 11.1. The van der Waals surface area contributed by atoms with Gasteiger partial charge in [0.2, 0.25) is 0 Å². The monoisotopic (exact) mass is 361 g/mol. The van der Waals surface area contributed by atoms with E-state index in [4.69, 9.17) is 15.2 Å². The van der Waals surface area contributed by atoms with Crippen LogP contribution in [0.2, 0.25) is 0 Å². The highest BCUT2D eigenvalue weighted by molar-refractivity contribution is 5.99. The molecule has 0 aliphatic carbocycles. The molecule has 138 valence electrons. The molecule has 0 atom stereocenters. The molecule has 0 spiro atoms. The Morgan fingerprint density at radius 2 is 1.15 bits per heavy atom. The molecule has 3 rings (SSSR count). The van der Waals surface area contributed by atoms with Gasteiger partial charge in [0.05, 0.1) is 20.8 Å². The third kappa shape index (κ3) is 3.32. The molecule has 0 radical (unpaired) electrons. The van der Waals surface area contributed by atoms with E-state index < -0.39 is 5.41 Å². The summed E-state index contributed by atoms with van der Waals surface area (Å²) in [6.07, 6.45) is 0. The number of carbonyl (C=O) groups is 1. The van der Waals surface area contributed by atoms with E-state index in [9.17, 15) is 4.79 Å². The van der Waals surface area contributed by atoms with Crippen molar-refractivity contribution in [1.29, 1.82) is 0 Å². The van der Waals surface area contributed by atoms with E-state index >= 15 is 0 Å². The van der Waals surface area contributed by atoms with E-state index in [-0.39, 0.29) is 12.3 Å². The van der Waals surface area contributed by atoms with Crippen LogP contribution in [0.5, 0.6) is 11.5 Å². The number of ketones is 1. The van der Waals surface area contributed by atoms with Crippen molar-refractivity contribution < 1.29 is 14.3 Å². The van der Waals surface area contributed by atoms with Crippen LogP contribution in [0.3, 0.4) is 0 Å². The Morgan fingerprint density at radius 3 is 1.52 bits per heavy atom.